The summed E-state index contributed by atoms with van der Waals surface area (Å²) >= 11 is 0. The number of nitrogens with zero attached hydrogens (tertiary/aromatic N) is 3. The summed E-state index contributed by atoms with van der Waals surface area (Å²) in [4.78, 5) is 16.5. The number of para-hydroxylation sites is 1. The van der Waals surface area contributed by atoms with Gasteiger partial charge < -0.3 is 10.2 Å². The topological polar surface area (TPSA) is 59.4 Å². The van der Waals surface area contributed by atoms with Crippen LogP contribution in [0.25, 0.3) is 0 Å². The van der Waals surface area contributed by atoms with Crippen molar-refractivity contribution >= 4 is 11.6 Å². The molecule has 1 heterocycles. The highest BCUT2D eigenvalue weighted by molar-refractivity contribution is 5.93. The van der Waals surface area contributed by atoms with Crippen LogP contribution in [-0.2, 0) is 4.79 Å². The number of nitriles is 1. The molecule has 1 fully saturated rings. The predicted octanol–water partition coefficient (Wildman–Crippen LogP) is 1.38. The molecule has 2 atom stereocenters. The fourth-order valence-corrected chi connectivity index (χ4v) is 2.93. The summed E-state index contributed by atoms with van der Waals surface area (Å²) in [7, 11) is 4.15. The summed E-state index contributed by atoms with van der Waals surface area (Å²) in [6.07, 6.45) is 0. The minimum Gasteiger partial charge on any atom is -0.324 e. The standard InChI is InChI=1S/C16H22N4O/c1-12-9-20(10-15(12)19(2)3)11-16(21)18-14-7-5-4-6-13(14)8-17/h4-7,12,15H,9-11H2,1-3H3,(H,18,21). The van der Waals surface area contributed by atoms with Crippen LogP contribution in [-0.4, -0.2) is 55.5 Å². The van der Waals surface area contributed by atoms with E-state index in [1.807, 2.05) is 6.07 Å². The SMILES string of the molecule is CC1CN(CC(=O)Nc2ccccc2C#N)CC1N(C)C. The zero-order valence-electron chi connectivity index (χ0n) is 12.8. The van der Waals surface area contributed by atoms with Gasteiger partial charge in [-0.05, 0) is 32.1 Å². The first-order valence-corrected chi connectivity index (χ1v) is 7.19. The fourth-order valence-electron chi connectivity index (χ4n) is 2.93. The summed E-state index contributed by atoms with van der Waals surface area (Å²) in [6.45, 7) is 4.42. The van der Waals surface area contributed by atoms with Crippen molar-refractivity contribution in [3.63, 3.8) is 0 Å². The van der Waals surface area contributed by atoms with Gasteiger partial charge in [-0.2, -0.15) is 5.26 Å². The number of likely N-dealkylation sites (N-methyl/N-ethyl adjacent to an activating group) is 1. The lowest BCUT2D eigenvalue weighted by molar-refractivity contribution is -0.117. The third-order valence-corrected chi connectivity index (χ3v) is 4.00. The van der Waals surface area contributed by atoms with Crippen molar-refractivity contribution in [1.29, 1.82) is 5.26 Å². The Morgan fingerprint density at radius 2 is 2.14 bits per heavy atom. The van der Waals surface area contributed by atoms with E-state index in [0.29, 0.717) is 29.8 Å². The molecule has 5 heteroatoms. The van der Waals surface area contributed by atoms with Gasteiger partial charge in [0.15, 0.2) is 0 Å². The summed E-state index contributed by atoms with van der Waals surface area (Å²) in [5, 5.41) is 11.9. The van der Waals surface area contributed by atoms with Crippen LogP contribution >= 0.6 is 0 Å². The Bertz CT molecular complexity index is 549. The fraction of sp³-hybridized carbons (Fsp3) is 0.500. The molecular formula is C16H22N4O. The monoisotopic (exact) mass is 286 g/mol. The Labute approximate surface area is 126 Å². The first-order valence-electron chi connectivity index (χ1n) is 7.19. The van der Waals surface area contributed by atoms with Crippen LogP contribution in [0.1, 0.15) is 12.5 Å². The van der Waals surface area contributed by atoms with Crippen molar-refractivity contribution in [1.82, 2.24) is 9.80 Å². The zero-order chi connectivity index (χ0) is 15.4. The van der Waals surface area contributed by atoms with Gasteiger partial charge in [0.1, 0.15) is 6.07 Å². The number of hydrogen-bond donors (Lipinski definition) is 1. The van der Waals surface area contributed by atoms with Crippen LogP contribution in [0, 0.1) is 17.2 Å². The molecule has 0 aliphatic carbocycles. The van der Waals surface area contributed by atoms with Crippen molar-refractivity contribution in [2.24, 2.45) is 5.92 Å². The third kappa shape index (κ3) is 3.81. The first kappa shape index (κ1) is 15.5. The Morgan fingerprint density at radius 3 is 2.76 bits per heavy atom. The van der Waals surface area contributed by atoms with Crippen molar-refractivity contribution in [2.45, 2.75) is 13.0 Å². The molecule has 112 valence electrons. The number of anilines is 1. The Kier molecular flexibility index (Phi) is 4.94. The second-order valence-corrected chi connectivity index (χ2v) is 5.91. The molecule has 0 aromatic heterocycles. The smallest absolute Gasteiger partial charge is 0.238 e. The second kappa shape index (κ2) is 6.70. The van der Waals surface area contributed by atoms with Crippen molar-refractivity contribution in [3.05, 3.63) is 29.8 Å². The number of nitrogens with one attached hydrogen (secondary N) is 1. The highest BCUT2D eigenvalue weighted by Crippen LogP contribution is 2.20. The molecule has 0 radical (unpaired) electrons. The molecule has 1 aromatic carbocycles. The maximum absolute atomic E-state index is 12.1. The Balaban J connectivity index is 1.93. The maximum atomic E-state index is 12.1. The Morgan fingerprint density at radius 1 is 1.43 bits per heavy atom. The van der Waals surface area contributed by atoms with E-state index in [1.165, 1.54) is 0 Å². The highest BCUT2D eigenvalue weighted by atomic mass is 16.2. The van der Waals surface area contributed by atoms with Crippen LogP contribution in [0.2, 0.25) is 0 Å². The normalized spacial score (nSPS) is 22.2. The van der Waals surface area contributed by atoms with E-state index < -0.39 is 0 Å². The van der Waals surface area contributed by atoms with Crippen molar-refractivity contribution in [3.8, 4) is 6.07 Å². The van der Waals surface area contributed by atoms with Gasteiger partial charge in [-0.3, -0.25) is 9.69 Å². The van der Waals surface area contributed by atoms with Crippen LogP contribution in [0.4, 0.5) is 5.69 Å². The molecule has 0 saturated carbocycles. The minimum absolute atomic E-state index is 0.0655. The van der Waals surface area contributed by atoms with Gasteiger partial charge in [-0.1, -0.05) is 19.1 Å². The lowest BCUT2D eigenvalue weighted by Crippen LogP contribution is -2.36. The van der Waals surface area contributed by atoms with Gasteiger partial charge in [-0.25, -0.2) is 0 Å². The minimum atomic E-state index is -0.0655. The van der Waals surface area contributed by atoms with Gasteiger partial charge in [0.2, 0.25) is 5.91 Å². The number of carbonyl (C=O) groups excluding carboxylic acids is 1. The van der Waals surface area contributed by atoms with E-state index in [0.717, 1.165) is 13.1 Å². The molecule has 1 N–H and O–H groups in total. The third-order valence-electron chi connectivity index (χ3n) is 4.00. The summed E-state index contributed by atoms with van der Waals surface area (Å²) in [5.74, 6) is 0.489. The van der Waals surface area contributed by atoms with Gasteiger partial charge >= 0.3 is 0 Å². The van der Waals surface area contributed by atoms with Gasteiger partial charge in [-0.15, -0.1) is 0 Å². The number of rotatable bonds is 4. The van der Waals surface area contributed by atoms with Gasteiger partial charge in [0.25, 0.3) is 0 Å². The van der Waals surface area contributed by atoms with E-state index in [-0.39, 0.29) is 5.91 Å². The van der Waals surface area contributed by atoms with Crippen LogP contribution in [0.15, 0.2) is 24.3 Å². The molecular weight excluding hydrogens is 264 g/mol. The maximum Gasteiger partial charge on any atom is 0.238 e. The average Bonchev–Trinajstić information content (AvgIpc) is 2.80. The van der Waals surface area contributed by atoms with Crippen LogP contribution in [0.5, 0.6) is 0 Å². The van der Waals surface area contributed by atoms with Crippen molar-refractivity contribution in [2.75, 3.05) is 39.0 Å². The summed E-state index contributed by atoms with van der Waals surface area (Å²) < 4.78 is 0. The van der Waals surface area contributed by atoms with Crippen molar-refractivity contribution < 1.29 is 4.79 Å². The molecule has 1 aliphatic rings. The number of likely N-dealkylation sites (tertiary alicyclic amines) is 1. The van der Waals surface area contributed by atoms with Gasteiger partial charge in [0.05, 0.1) is 17.8 Å². The molecule has 1 saturated heterocycles. The molecule has 5 nitrogen and oxygen atoms in total. The summed E-state index contributed by atoms with van der Waals surface area (Å²) in [6, 6.07) is 9.64. The number of carbonyl (C=O) groups is 1. The van der Waals surface area contributed by atoms with E-state index >= 15 is 0 Å². The molecule has 2 rings (SSSR count). The van der Waals surface area contributed by atoms with E-state index in [1.54, 1.807) is 18.2 Å². The zero-order valence-corrected chi connectivity index (χ0v) is 12.8. The quantitative estimate of drug-likeness (QED) is 0.908. The lowest BCUT2D eigenvalue weighted by atomic mass is 10.1. The highest BCUT2D eigenvalue weighted by Gasteiger charge is 2.31. The average molecular weight is 286 g/mol. The van der Waals surface area contributed by atoms with Gasteiger partial charge in [0, 0.05) is 19.1 Å². The van der Waals surface area contributed by atoms with E-state index in [4.69, 9.17) is 5.26 Å². The molecule has 0 spiro atoms. The first-order chi connectivity index (χ1) is 10.0. The molecule has 1 amide bonds. The lowest BCUT2D eigenvalue weighted by Gasteiger charge is -2.22. The van der Waals surface area contributed by atoms with E-state index in [2.05, 4.69) is 42.2 Å². The number of benzene rings is 1. The molecule has 21 heavy (non-hydrogen) atoms. The second-order valence-electron chi connectivity index (χ2n) is 5.91. The van der Waals surface area contributed by atoms with E-state index in [9.17, 15) is 4.79 Å². The largest absolute Gasteiger partial charge is 0.324 e. The molecule has 1 aliphatic heterocycles. The van der Waals surface area contributed by atoms with Crippen LogP contribution in [0.3, 0.4) is 0 Å². The predicted molar refractivity (Wildman–Crippen MR) is 82.9 cm³/mol. The molecule has 1 aromatic rings. The molecule has 2 unspecified atom stereocenters. The molecule has 0 bridgehead atoms. The Hall–Kier alpha value is -1.90. The van der Waals surface area contributed by atoms with Crippen LogP contribution < -0.4 is 5.32 Å². The summed E-state index contributed by atoms with van der Waals surface area (Å²) in [5.41, 5.74) is 1.08. The number of amides is 1. The number of hydrogen-bond acceptors (Lipinski definition) is 4.